The van der Waals surface area contributed by atoms with Crippen molar-refractivity contribution in [2.75, 3.05) is 36.4 Å². The van der Waals surface area contributed by atoms with Crippen molar-refractivity contribution in [2.24, 2.45) is 0 Å². The molecule has 6 heteroatoms. The average Bonchev–Trinajstić information content (AvgIpc) is 2.70. The summed E-state index contributed by atoms with van der Waals surface area (Å²) in [4.78, 5) is 16.9. The maximum atomic E-state index is 12.5. The number of benzene rings is 2. The Morgan fingerprint density at radius 2 is 1.86 bits per heavy atom. The predicted molar refractivity (Wildman–Crippen MR) is 113 cm³/mol. The number of halogens is 1. The van der Waals surface area contributed by atoms with Gasteiger partial charge in [0.05, 0.1) is 0 Å². The van der Waals surface area contributed by atoms with Crippen LogP contribution in [-0.2, 0) is 4.79 Å². The summed E-state index contributed by atoms with van der Waals surface area (Å²) in [5.74, 6) is -0.422. The number of nitriles is 1. The number of anilines is 2. The van der Waals surface area contributed by atoms with E-state index in [0.717, 1.165) is 31.7 Å². The standard InChI is InChI=1S/C22H23ClN4O/c1-16-5-3-6-19(13-16)27-11-9-26(10-12-27)15-18(14-24)22(28)25-21-8-4-7-20(23)17(21)2/h3-8,13,15H,9-12H2,1-2H3,(H,25,28)/b18-15-. The Balaban J connectivity index is 1.64. The van der Waals surface area contributed by atoms with Crippen molar-refractivity contribution in [1.29, 1.82) is 5.26 Å². The van der Waals surface area contributed by atoms with Crippen molar-refractivity contribution in [3.05, 3.63) is 70.4 Å². The minimum Gasteiger partial charge on any atom is -0.373 e. The number of aryl methyl sites for hydroxylation is 1. The van der Waals surface area contributed by atoms with Gasteiger partial charge in [0.25, 0.3) is 5.91 Å². The fraction of sp³-hybridized carbons (Fsp3) is 0.273. The normalized spacial score (nSPS) is 14.6. The summed E-state index contributed by atoms with van der Waals surface area (Å²) in [7, 11) is 0. The third-order valence-electron chi connectivity index (χ3n) is 4.87. The van der Waals surface area contributed by atoms with E-state index in [4.69, 9.17) is 11.6 Å². The minimum atomic E-state index is -0.422. The summed E-state index contributed by atoms with van der Waals surface area (Å²) in [6.45, 7) is 7.10. The van der Waals surface area contributed by atoms with Crippen LogP contribution >= 0.6 is 11.6 Å². The lowest BCUT2D eigenvalue weighted by Gasteiger charge is -2.35. The number of piperazine rings is 1. The quantitative estimate of drug-likeness (QED) is 0.625. The Kier molecular flexibility index (Phi) is 6.23. The Bertz CT molecular complexity index is 940. The molecule has 1 aliphatic heterocycles. The molecule has 3 rings (SSSR count). The van der Waals surface area contributed by atoms with E-state index in [2.05, 4.69) is 41.4 Å². The first-order valence-electron chi connectivity index (χ1n) is 9.22. The molecule has 0 aromatic heterocycles. The highest BCUT2D eigenvalue weighted by atomic mass is 35.5. The van der Waals surface area contributed by atoms with Crippen molar-refractivity contribution in [1.82, 2.24) is 4.90 Å². The van der Waals surface area contributed by atoms with E-state index >= 15 is 0 Å². The van der Waals surface area contributed by atoms with Crippen LogP contribution in [-0.4, -0.2) is 37.0 Å². The summed E-state index contributed by atoms with van der Waals surface area (Å²) < 4.78 is 0. The van der Waals surface area contributed by atoms with Crippen LogP contribution in [0.1, 0.15) is 11.1 Å². The highest BCUT2D eigenvalue weighted by molar-refractivity contribution is 6.31. The van der Waals surface area contributed by atoms with Crippen molar-refractivity contribution in [3.8, 4) is 6.07 Å². The van der Waals surface area contributed by atoms with E-state index in [1.807, 2.05) is 17.9 Å². The van der Waals surface area contributed by atoms with Gasteiger partial charge in [0, 0.05) is 48.8 Å². The second kappa shape index (κ2) is 8.81. The van der Waals surface area contributed by atoms with E-state index < -0.39 is 5.91 Å². The zero-order valence-corrected chi connectivity index (χ0v) is 16.8. The molecule has 0 saturated carbocycles. The molecule has 1 fully saturated rings. The first-order valence-corrected chi connectivity index (χ1v) is 9.60. The molecule has 0 radical (unpaired) electrons. The van der Waals surface area contributed by atoms with E-state index in [1.165, 1.54) is 11.3 Å². The molecule has 1 heterocycles. The molecular formula is C22H23ClN4O. The van der Waals surface area contributed by atoms with Gasteiger partial charge in [0.2, 0.25) is 0 Å². The fourth-order valence-electron chi connectivity index (χ4n) is 3.19. The van der Waals surface area contributed by atoms with Crippen molar-refractivity contribution < 1.29 is 4.79 Å². The Hall–Kier alpha value is -2.97. The first-order chi connectivity index (χ1) is 13.5. The topological polar surface area (TPSA) is 59.4 Å². The molecule has 0 spiro atoms. The Labute approximate surface area is 170 Å². The number of carbonyl (C=O) groups is 1. The number of nitrogens with zero attached hydrogens (tertiary/aromatic N) is 3. The molecule has 1 amide bonds. The number of amides is 1. The predicted octanol–water partition coefficient (Wildman–Crippen LogP) is 4.13. The van der Waals surface area contributed by atoms with Gasteiger partial charge >= 0.3 is 0 Å². The number of nitrogens with one attached hydrogen (secondary N) is 1. The van der Waals surface area contributed by atoms with Crippen molar-refractivity contribution in [3.63, 3.8) is 0 Å². The first kappa shape index (κ1) is 19.8. The van der Waals surface area contributed by atoms with E-state index in [1.54, 1.807) is 24.4 Å². The molecule has 1 saturated heterocycles. The molecule has 0 unspecified atom stereocenters. The largest absolute Gasteiger partial charge is 0.373 e. The van der Waals surface area contributed by atoms with Crippen LogP contribution in [0.4, 0.5) is 11.4 Å². The van der Waals surface area contributed by atoms with E-state index in [-0.39, 0.29) is 5.57 Å². The Morgan fingerprint density at radius 3 is 2.54 bits per heavy atom. The lowest BCUT2D eigenvalue weighted by molar-refractivity contribution is -0.112. The van der Waals surface area contributed by atoms with Gasteiger partial charge in [-0.05, 0) is 49.2 Å². The molecule has 144 valence electrons. The third kappa shape index (κ3) is 4.65. The molecular weight excluding hydrogens is 372 g/mol. The molecule has 28 heavy (non-hydrogen) atoms. The summed E-state index contributed by atoms with van der Waals surface area (Å²) >= 11 is 6.10. The van der Waals surface area contributed by atoms with Crippen LogP contribution in [0, 0.1) is 25.2 Å². The van der Waals surface area contributed by atoms with Crippen LogP contribution in [0.2, 0.25) is 5.02 Å². The molecule has 2 aromatic carbocycles. The lowest BCUT2D eigenvalue weighted by atomic mass is 10.1. The molecule has 2 aromatic rings. The Morgan fingerprint density at radius 1 is 1.14 bits per heavy atom. The number of rotatable bonds is 4. The zero-order chi connectivity index (χ0) is 20.1. The molecule has 0 bridgehead atoms. The average molecular weight is 395 g/mol. The van der Waals surface area contributed by atoms with Gasteiger partial charge in [-0.25, -0.2) is 0 Å². The van der Waals surface area contributed by atoms with Gasteiger partial charge < -0.3 is 15.1 Å². The van der Waals surface area contributed by atoms with Crippen molar-refractivity contribution >= 4 is 28.9 Å². The van der Waals surface area contributed by atoms with Crippen LogP contribution in [0.3, 0.4) is 0 Å². The molecule has 0 aliphatic carbocycles. The SMILES string of the molecule is Cc1cccc(N2CCN(/C=C(/C#N)C(=O)Nc3cccc(Cl)c3C)CC2)c1. The summed E-state index contributed by atoms with van der Waals surface area (Å²) in [6.07, 6.45) is 1.66. The van der Waals surface area contributed by atoms with Crippen LogP contribution in [0.25, 0.3) is 0 Å². The second-order valence-corrected chi connectivity index (χ2v) is 7.29. The third-order valence-corrected chi connectivity index (χ3v) is 5.28. The summed E-state index contributed by atoms with van der Waals surface area (Å²) in [6, 6.07) is 15.8. The van der Waals surface area contributed by atoms with Crippen LogP contribution in [0.15, 0.2) is 54.2 Å². The van der Waals surface area contributed by atoms with Gasteiger partial charge in [-0.2, -0.15) is 5.26 Å². The lowest BCUT2D eigenvalue weighted by Crippen LogP contribution is -2.44. The molecule has 5 nitrogen and oxygen atoms in total. The number of carbonyl (C=O) groups excluding carboxylic acids is 1. The smallest absolute Gasteiger partial charge is 0.267 e. The van der Waals surface area contributed by atoms with Crippen molar-refractivity contribution in [2.45, 2.75) is 13.8 Å². The maximum Gasteiger partial charge on any atom is 0.267 e. The van der Waals surface area contributed by atoms with Crippen LogP contribution < -0.4 is 10.2 Å². The van der Waals surface area contributed by atoms with E-state index in [0.29, 0.717) is 10.7 Å². The maximum absolute atomic E-state index is 12.5. The summed E-state index contributed by atoms with van der Waals surface area (Å²) in [5, 5.41) is 12.8. The van der Waals surface area contributed by atoms with Gasteiger partial charge in [-0.15, -0.1) is 0 Å². The van der Waals surface area contributed by atoms with Crippen LogP contribution in [0.5, 0.6) is 0 Å². The highest BCUT2D eigenvalue weighted by Crippen LogP contribution is 2.23. The van der Waals surface area contributed by atoms with E-state index in [9.17, 15) is 10.1 Å². The van der Waals surface area contributed by atoms with Gasteiger partial charge in [-0.1, -0.05) is 29.8 Å². The molecule has 1 aliphatic rings. The summed E-state index contributed by atoms with van der Waals surface area (Å²) in [5.41, 5.74) is 3.92. The molecule has 0 atom stereocenters. The second-order valence-electron chi connectivity index (χ2n) is 6.88. The molecule has 1 N–H and O–H groups in total. The number of hydrogen-bond acceptors (Lipinski definition) is 4. The minimum absolute atomic E-state index is 0.0865. The number of hydrogen-bond donors (Lipinski definition) is 1. The zero-order valence-electron chi connectivity index (χ0n) is 16.1. The highest BCUT2D eigenvalue weighted by Gasteiger charge is 2.18. The fourth-order valence-corrected chi connectivity index (χ4v) is 3.36. The van der Waals surface area contributed by atoms with Gasteiger partial charge in [0.1, 0.15) is 11.6 Å². The monoisotopic (exact) mass is 394 g/mol. The van der Waals surface area contributed by atoms with Gasteiger partial charge in [-0.3, -0.25) is 4.79 Å². The van der Waals surface area contributed by atoms with Gasteiger partial charge in [0.15, 0.2) is 0 Å².